The third kappa shape index (κ3) is 7.06. The average molecular weight is 517 g/mol. The van der Waals surface area contributed by atoms with E-state index in [0.717, 1.165) is 0 Å². The number of hydrogen-bond acceptors (Lipinski definition) is 7. The number of carbonyl (C=O) groups excluding carboxylic acids is 5. The van der Waals surface area contributed by atoms with Crippen LogP contribution >= 0.6 is 0 Å². The fraction of sp³-hybridized carbons (Fsp3) is 0.577. The summed E-state index contributed by atoms with van der Waals surface area (Å²) in [5, 5.41) is 8.09. The highest BCUT2D eigenvalue weighted by atomic mass is 16.5. The van der Waals surface area contributed by atoms with Gasteiger partial charge in [-0.05, 0) is 52.2 Å². The van der Waals surface area contributed by atoms with Crippen LogP contribution in [0.4, 0.5) is 0 Å². The molecular weight excluding hydrogens is 480 g/mol. The molecule has 2 saturated heterocycles. The van der Waals surface area contributed by atoms with Crippen LogP contribution in [0.2, 0.25) is 0 Å². The number of amides is 4. The third-order valence-corrected chi connectivity index (χ3v) is 6.52. The van der Waals surface area contributed by atoms with Gasteiger partial charge in [-0.25, -0.2) is 5.01 Å². The molecule has 202 valence electrons. The van der Waals surface area contributed by atoms with E-state index in [1.165, 1.54) is 10.0 Å². The van der Waals surface area contributed by atoms with E-state index >= 15 is 0 Å². The molecule has 1 aromatic carbocycles. The molecular formula is C26H36N4O7. The minimum atomic E-state index is -0.974. The van der Waals surface area contributed by atoms with Gasteiger partial charge in [0, 0.05) is 25.1 Å². The van der Waals surface area contributed by atoms with Crippen molar-refractivity contribution in [2.45, 2.75) is 77.1 Å². The molecule has 2 aliphatic heterocycles. The summed E-state index contributed by atoms with van der Waals surface area (Å²) in [5.74, 6) is -2.21. The molecule has 0 radical (unpaired) electrons. The topological polar surface area (TPSA) is 134 Å². The molecule has 0 spiro atoms. The largest absolute Gasteiger partial charge is 0.466 e. The summed E-state index contributed by atoms with van der Waals surface area (Å²) in [6.45, 7) is 6.15. The van der Waals surface area contributed by atoms with E-state index in [2.05, 4.69) is 10.6 Å². The van der Waals surface area contributed by atoms with Gasteiger partial charge in [0.05, 0.1) is 25.2 Å². The quantitative estimate of drug-likeness (QED) is 0.446. The van der Waals surface area contributed by atoms with Gasteiger partial charge in [-0.15, -0.1) is 0 Å². The minimum absolute atomic E-state index is 0.0587. The Morgan fingerprint density at radius 3 is 2.49 bits per heavy atom. The van der Waals surface area contributed by atoms with Gasteiger partial charge in [-0.2, -0.15) is 0 Å². The molecule has 0 saturated carbocycles. The lowest BCUT2D eigenvalue weighted by atomic mass is 10.0. The lowest BCUT2D eigenvalue weighted by molar-refractivity contribution is -0.176. The van der Waals surface area contributed by atoms with Gasteiger partial charge in [-0.1, -0.05) is 18.2 Å². The predicted octanol–water partition coefficient (Wildman–Crippen LogP) is 1.18. The van der Waals surface area contributed by atoms with Crippen molar-refractivity contribution < 1.29 is 33.4 Å². The molecule has 2 fully saturated rings. The highest BCUT2D eigenvalue weighted by molar-refractivity contribution is 5.99. The summed E-state index contributed by atoms with van der Waals surface area (Å²) in [6, 6.07) is 5.86. The Bertz CT molecular complexity index is 986. The molecule has 0 aromatic heterocycles. The van der Waals surface area contributed by atoms with Crippen molar-refractivity contribution in [3.05, 3.63) is 35.9 Å². The molecule has 4 amide bonds. The van der Waals surface area contributed by atoms with Crippen molar-refractivity contribution in [1.29, 1.82) is 0 Å². The van der Waals surface area contributed by atoms with Crippen molar-refractivity contribution in [3.63, 3.8) is 0 Å². The maximum absolute atomic E-state index is 13.6. The maximum atomic E-state index is 13.6. The summed E-state index contributed by atoms with van der Waals surface area (Å²) in [4.78, 5) is 64.9. The Balaban J connectivity index is 1.80. The Labute approximate surface area is 216 Å². The molecule has 37 heavy (non-hydrogen) atoms. The number of nitrogens with one attached hydrogen (secondary N) is 2. The summed E-state index contributed by atoms with van der Waals surface area (Å²) in [7, 11) is 0. The zero-order chi connectivity index (χ0) is 26.9. The molecule has 2 N–H and O–H groups in total. The number of hydrazine groups is 1. The minimum Gasteiger partial charge on any atom is -0.466 e. The van der Waals surface area contributed by atoms with Crippen molar-refractivity contribution in [2.75, 3.05) is 19.8 Å². The lowest BCUT2D eigenvalue weighted by Gasteiger charge is -2.43. The van der Waals surface area contributed by atoms with Crippen LogP contribution in [0.25, 0.3) is 0 Å². The van der Waals surface area contributed by atoms with Gasteiger partial charge < -0.3 is 20.1 Å². The SMILES string of the molecule is CCOC(=O)C[C@H](NC(=O)[C@@H]1CCCN2C(=O)CC[C@H](NC(=O)c3ccccc3)C(=O)N12)C(C)OCC. The predicted molar refractivity (Wildman–Crippen MR) is 133 cm³/mol. The fourth-order valence-electron chi connectivity index (χ4n) is 4.63. The number of nitrogens with zero attached hydrogens (tertiary/aromatic N) is 2. The smallest absolute Gasteiger partial charge is 0.307 e. The van der Waals surface area contributed by atoms with Gasteiger partial charge in [0.15, 0.2) is 0 Å². The lowest BCUT2D eigenvalue weighted by Crippen LogP contribution is -2.64. The van der Waals surface area contributed by atoms with E-state index in [1.54, 1.807) is 44.2 Å². The van der Waals surface area contributed by atoms with Crippen molar-refractivity contribution >= 4 is 29.6 Å². The molecule has 0 aliphatic carbocycles. The molecule has 11 heteroatoms. The highest BCUT2D eigenvalue weighted by Gasteiger charge is 2.45. The molecule has 0 bridgehead atoms. The molecule has 2 aliphatic rings. The summed E-state index contributed by atoms with van der Waals surface area (Å²) in [5.41, 5.74) is 0.391. The Morgan fingerprint density at radius 2 is 1.81 bits per heavy atom. The highest BCUT2D eigenvalue weighted by Crippen LogP contribution is 2.25. The Kier molecular flexibility index (Phi) is 10.0. The van der Waals surface area contributed by atoms with Crippen molar-refractivity contribution in [3.8, 4) is 0 Å². The molecule has 1 unspecified atom stereocenters. The monoisotopic (exact) mass is 516 g/mol. The van der Waals surface area contributed by atoms with E-state index in [9.17, 15) is 24.0 Å². The third-order valence-electron chi connectivity index (χ3n) is 6.52. The van der Waals surface area contributed by atoms with Crippen molar-refractivity contribution in [1.82, 2.24) is 20.7 Å². The van der Waals surface area contributed by atoms with Crippen LogP contribution in [0.3, 0.4) is 0 Å². The van der Waals surface area contributed by atoms with Crippen LogP contribution in [0, 0.1) is 0 Å². The summed E-state index contributed by atoms with van der Waals surface area (Å²) >= 11 is 0. The second kappa shape index (κ2) is 13.2. The fourth-order valence-corrected chi connectivity index (χ4v) is 4.63. The van der Waals surface area contributed by atoms with Crippen LogP contribution in [0.5, 0.6) is 0 Å². The van der Waals surface area contributed by atoms with Gasteiger partial charge in [0.1, 0.15) is 12.1 Å². The number of esters is 1. The van der Waals surface area contributed by atoms with E-state index in [-0.39, 0.29) is 31.8 Å². The Morgan fingerprint density at radius 1 is 1.08 bits per heavy atom. The second-order valence-corrected chi connectivity index (χ2v) is 9.07. The first-order valence-corrected chi connectivity index (χ1v) is 12.8. The van der Waals surface area contributed by atoms with Crippen LogP contribution < -0.4 is 10.6 Å². The first-order chi connectivity index (χ1) is 17.8. The second-order valence-electron chi connectivity index (χ2n) is 9.07. The number of ether oxygens (including phenoxy) is 2. The Hall–Kier alpha value is -3.47. The maximum Gasteiger partial charge on any atom is 0.307 e. The summed E-state index contributed by atoms with van der Waals surface area (Å²) < 4.78 is 10.7. The van der Waals surface area contributed by atoms with E-state index in [4.69, 9.17) is 9.47 Å². The van der Waals surface area contributed by atoms with Gasteiger partial charge in [-0.3, -0.25) is 29.0 Å². The summed E-state index contributed by atoms with van der Waals surface area (Å²) in [6.07, 6.45) is 0.457. The first-order valence-electron chi connectivity index (χ1n) is 12.8. The molecule has 3 rings (SSSR count). The normalized spacial score (nSPS) is 21.4. The standard InChI is InChI=1S/C26H36N4O7/c1-4-36-17(3)20(16-23(32)37-5-2)28-25(34)21-12-9-15-29-22(31)14-13-19(26(35)30(21)29)27-24(33)18-10-7-6-8-11-18/h6-8,10-11,17,19-21H,4-5,9,12-16H2,1-3H3,(H,27,33)(H,28,34)/t17?,19-,20-,21-/m0/s1. The average Bonchev–Trinajstić information content (AvgIpc) is 3.01. The van der Waals surface area contributed by atoms with Crippen LogP contribution in [-0.2, 0) is 28.7 Å². The van der Waals surface area contributed by atoms with Crippen LogP contribution in [0.1, 0.15) is 63.2 Å². The van der Waals surface area contributed by atoms with Gasteiger partial charge in [0.2, 0.25) is 11.8 Å². The van der Waals surface area contributed by atoms with Crippen LogP contribution in [-0.4, -0.2) is 83.6 Å². The van der Waals surface area contributed by atoms with Crippen molar-refractivity contribution in [2.24, 2.45) is 0 Å². The number of carbonyl (C=O) groups is 5. The molecule has 4 atom stereocenters. The van der Waals surface area contributed by atoms with Crippen LogP contribution in [0.15, 0.2) is 30.3 Å². The number of benzene rings is 1. The molecule has 1 aromatic rings. The number of hydrogen-bond donors (Lipinski definition) is 2. The molecule has 2 heterocycles. The van der Waals surface area contributed by atoms with Gasteiger partial charge >= 0.3 is 5.97 Å². The number of fused-ring (bicyclic) bond motifs is 1. The molecule has 11 nitrogen and oxygen atoms in total. The van der Waals surface area contributed by atoms with E-state index < -0.39 is 47.9 Å². The zero-order valence-corrected chi connectivity index (χ0v) is 21.6. The zero-order valence-electron chi connectivity index (χ0n) is 21.6. The van der Waals surface area contributed by atoms with E-state index in [0.29, 0.717) is 31.6 Å². The number of rotatable bonds is 10. The van der Waals surface area contributed by atoms with Gasteiger partial charge in [0.25, 0.3) is 11.8 Å². The first kappa shape index (κ1) is 28.1. The van der Waals surface area contributed by atoms with E-state index in [1.807, 2.05) is 6.92 Å².